The van der Waals surface area contributed by atoms with Crippen LogP contribution in [0.3, 0.4) is 0 Å². The molecule has 0 aliphatic heterocycles. The molecular formula is C30H35ClFN3O5S. The number of halogens is 2. The number of hydrogen-bond acceptors (Lipinski definition) is 5. The number of amides is 2. The Kier molecular flexibility index (Phi) is 11.5. The zero-order chi connectivity index (χ0) is 30.0. The first-order chi connectivity index (χ1) is 19.6. The first kappa shape index (κ1) is 31.9. The van der Waals surface area contributed by atoms with Crippen LogP contribution in [0.5, 0.6) is 5.75 Å². The minimum absolute atomic E-state index is 0.0287. The van der Waals surface area contributed by atoms with Crippen molar-refractivity contribution in [2.75, 3.05) is 24.0 Å². The van der Waals surface area contributed by atoms with Gasteiger partial charge in [0.2, 0.25) is 11.8 Å². The van der Waals surface area contributed by atoms with E-state index in [-0.39, 0.29) is 41.8 Å². The third kappa shape index (κ3) is 8.20. The molecule has 0 aliphatic carbocycles. The van der Waals surface area contributed by atoms with Gasteiger partial charge in [-0.3, -0.25) is 13.9 Å². The van der Waals surface area contributed by atoms with Crippen molar-refractivity contribution in [3.05, 3.63) is 89.2 Å². The standard InChI is InChI=1S/C30H35ClFN3O5S/c1-4-19-33-30(37)26(5-2)34(20-22-11-15-24(32)16-12-22)29(36)21-35(27-9-7-8-10-28(27)40-6-3)41(38,39)25-17-13-23(31)14-18-25/h7-18,26H,4-6,19-21H2,1-3H3,(H,33,37)/t26-/m1/s1. The highest BCUT2D eigenvalue weighted by Crippen LogP contribution is 2.33. The van der Waals surface area contributed by atoms with Crippen molar-refractivity contribution in [2.45, 2.75) is 51.1 Å². The van der Waals surface area contributed by atoms with Gasteiger partial charge in [-0.15, -0.1) is 0 Å². The van der Waals surface area contributed by atoms with Gasteiger partial charge in [0.15, 0.2) is 0 Å². The summed E-state index contributed by atoms with van der Waals surface area (Å²) in [5.41, 5.74) is 0.756. The molecule has 0 spiro atoms. The number of rotatable bonds is 14. The molecule has 1 N–H and O–H groups in total. The van der Waals surface area contributed by atoms with E-state index in [1.165, 1.54) is 53.4 Å². The van der Waals surface area contributed by atoms with Crippen LogP contribution in [0.15, 0.2) is 77.7 Å². The topological polar surface area (TPSA) is 96.0 Å². The first-order valence-corrected chi connectivity index (χ1v) is 15.3. The van der Waals surface area contributed by atoms with E-state index in [0.717, 1.165) is 4.31 Å². The average molecular weight is 604 g/mol. The van der Waals surface area contributed by atoms with Crippen LogP contribution in [0.1, 0.15) is 39.2 Å². The Morgan fingerprint density at radius 3 is 2.24 bits per heavy atom. The number of ether oxygens (including phenoxy) is 1. The number of hydrogen-bond donors (Lipinski definition) is 1. The lowest BCUT2D eigenvalue weighted by atomic mass is 10.1. The summed E-state index contributed by atoms with van der Waals surface area (Å²) in [5, 5.41) is 3.19. The molecule has 220 valence electrons. The Morgan fingerprint density at radius 1 is 0.976 bits per heavy atom. The fourth-order valence-corrected chi connectivity index (χ4v) is 5.81. The summed E-state index contributed by atoms with van der Waals surface area (Å²) < 4.78 is 48.3. The number of para-hydroxylation sites is 2. The first-order valence-electron chi connectivity index (χ1n) is 13.4. The molecule has 0 unspecified atom stereocenters. The van der Waals surface area contributed by atoms with Gasteiger partial charge in [0.05, 0.1) is 17.2 Å². The predicted molar refractivity (Wildman–Crippen MR) is 158 cm³/mol. The van der Waals surface area contributed by atoms with Gasteiger partial charge >= 0.3 is 0 Å². The Hall–Kier alpha value is -3.63. The molecule has 0 aromatic heterocycles. The van der Waals surface area contributed by atoms with Crippen molar-refractivity contribution in [3.8, 4) is 5.75 Å². The lowest BCUT2D eigenvalue weighted by Crippen LogP contribution is -2.52. The second-order valence-corrected chi connectivity index (χ2v) is 11.5. The summed E-state index contributed by atoms with van der Waals surface area (Å²) in [5.74, 6) is -1.13. The van der Waals surface area contributed by atoms with Gasteiger partial charge in [0, 0.05) is 18.1 Å². The number of carbonyl (C=O) groups excluding carboxylic acids is 2. The van der Waals surface area contributed by atoms with Crippen molar-refractivity contribution in [3.63, 3.8) is 0 Å². The molecule has 3 aromatic carbocycles. The van der Waals surface area contributed by atoms with Crippen LogP contribution in [-0.2, 0) is 26.2 Å². The smallest absolute Gasteiger partial charge is 0.264 e. The highest BCUT2D eigenvalue weighted by molar-refractivity contribution is 7.92. The largest absolute Gasteiger partial charge is 0.492 e. The summed E-state index contributed by atoms with van der Waals surface area (Å²) >= 11 is 6.00. The molecule has 2 amide bonds. The highest BCUT2D eigenvalue weighted by atomic mass is 35.5. The molecule has 3 rings (SSSR count). The molecule has 0 aliphatic rings. The average Bonchev–Trinajstić information content (AvgIpc) is 2.96. The van der Waals surface area contributed by atoms with E-state index >= 15 is 0 Å². The number of anilines is 1. The second kappa shape index (κ2) is 14.8. The summed E-state index contributed by atoms with van der Waals surface area (Å²) in [7, 11) is -4.29. The zero-order valence-corrected chi connectivity index (χ0v) is 24.9. The fourth-order valence-electron chi connectivity index (χ4n) is 4.26. The minimum atomic E-state index is -4.29. The molecule has 11 heteroatoms. The molecule has 8 nitrogen and oxygen atoms in total. The molecule has 0 saturated heterocycles. The van der Waals surface area contributed by atoms with Gasteiger partial charge in [-0.05, 0) is 73.9 Å². The Morgan fingerprint density at radius 2 is 1.63 bits per heavy atom. The number of carbonyl (C=O) groups is 2. The summed E-state index contributed by atoms with van der Waals surface area (Å²) in [6.45, 7) is 5.50. The number of benzene rings is 3. The van der Waals surface area contributed by atoms with Crippen LogP contribution >= 0.6 is 11.6 Å². The molecule has 0 bridgehead atoms. The van der Waals surface area contributed by atoms with Gasteiger partial charge in [-0.25, -0.2) is 12.8 Å². The van der Waals surface area contributed by atoms with Gasteiger partial charge in [0.25, 0.3) is 10.0 Å². The summed E-state index contributed by atoms with van der Waals surface area (Å²) in [4.78, 5) is 28.5. The van der Waals surface area contributed by atoms with E-state index in [1.807, 2.05) is 6.92 Å². The van der Waals surface area contributed by atoms with Gasteiger partial charge in [-0.2, -0.15) is 0 Å². The normalized spacial score (nSPS) is 11.9. The second-order valence-electron chi connectivity index (χ2n) is 9.23. The summed E-state index contributed by atoms with van der Waals surface area (Å²) in [6.07, 6.45) is 0.983. The van der Waals surface area contributed by atoms with Gasteiger partial charge in [0.1, 0.15) is 24.2 Å². The maximum absolute atomic E-state index is 14.1. The van der Waals surface area contributed by atoms with Crippen molar-refractivity contribution in [1.82, 2.24) is 10.2 Å². The molecule has 1 atom stereocenters. The van der Waals surface area contributed by atoms with Crippen LogP contribution < -0.4 is 14.4 Å². The van der Waals surface area contributed by atoms with E-state index in [0.29, 0.717) is 23.6 Å². The molecule has 0 fully saturated rings. The monoisotopic (exact) mass is 603 g/mol. The number of nitrogens with zero attached hydrogens (tertiary/aromatic N) is 2. The van der Waals surface area contributed by atoms with Crippen LogP contribution in [0, 0.1) is 5.82 Å². The third-order valence-electron chi connectivity index (χ3n) is 6.32. The van der Waals surface area contributed by atoms with Crippen molar-refractivity contribution in [2.24, 2.45) is 0 Å². The van der Waals surface area contributed by atoms with Crippen LogP contribution in [0.2, 0.25) is 5.02 Å². The van der Waals surface area contributed by atoms with Gasteiger partial charge in [-0.1, -0.05) is 49.7 Å². The Bertz CT molecular complexity index is 1420. The maximum atomic E-state index is 14.1. The van der Waals surface area contributed by atoms with Crippen LogP contribution in [0.4, 0.5) is 10.1 Å². The fraction of sp³-hybridized carbons (Fsp3) is 0.333. The minimum Gasteiger partial charge on any atom is -0.492 e. The highest BCUT2D eigenvalue weighted by Gasteiger charge is 2.34. The molecule has 3 aromatic rings. The van der Waals surface area contributed by atoms with E-state index < -0.39 is 34.3 Å². The van der Waals surface area contributed by atoms with Crippen LogP contribution in [0.25, 0.3) is 0 Å². The Labute approximate surface area is 246 Å². The molecule has 41 heavy (non-hydrogen) atoms. The molecule has 0 radical (unpaired) electrons. The molecule has 0 heterocycles. The van der Waals surface area contributed by atoms with E-state index in [1.54, 1.807) is 38.1 Å². The number of sulfonamides is 1. The third-order valence-corrected chi connectivity index (χ3v) is 8.34. The van der Waals surface area contributed by atoms with Crippen molar-refractivity contribution < 1.29 is 27.1 Å². The summed E-state index contributed by atoms with van der Waals surface area (Å²) in [6, 6.07) is 16.9. The van der Waals surface area contributed by atoms with E-state index in [9.17, 15) is 22.4 Å². The van der Waals surface area contributed by atoms with Crippen molar-refractivity contribution in [1.29, 1.82) is 0 Å². The molecular weight excluding hydrogens is 569 g/mol. The van der Waals surface area contributed by atoms with E-state index in [4.69, 9.17) is 16.3 Å². The quantitative estimate of drug-likeness (QED) is 0.266. The van der Waals surface area contributed by atoms with Crippen molar-refractivity contribution >= 4 is 39.1 Å². The van der Waals surface area contributed by atoms with E-state index in [2.05, 4.69) is 5.32 Å². The maximum Gasteiger partial charge on any atom is 0.264 e. The van der Waals surface area contributed by atoms with Gasteiger partial charge < -0.3 is 15.0 Å². The Balaban J connectivity index is 2.09. The number of nitrogens with one attached hydrogen (secondary N) is 1. The van der Waals surface area contributed by atoms with Crippen LogP contribution in [-0.4, -0.2) is 50.9 Å². The predicted octanol–water partition coefficient (Wildman–Crippen LogP) is 5.41. The lowest BCUT2D eigenvalue weighted by molar-refractivity contribution is -0.140. The molecule has 0 saturated carbocycles. The zero-order valence-electron chi connectivity index (χ0n) is 23.3. The lowest BCUT2D eigenvalue weighted by Gasteiger charge is -2.33. The SMILES string of the molecule is CCCNC(=O)[C@@H](CC)N(Cc1ccc(F)cc1)C(=O)CN(c1ccccc1OCC)S(=O)(=O)c1ccc(Cl)cc1.